The van der Waals surface area contributed by atoms with E-state index in [2.05, 4.69) is 6.58 Å². The van der Waals surface area contributed by atoms with E-state index in [1.54, 1.807) is 7.11 Å². The molecule has 0 aliphatic rings. The molecule has 1 atom stereocenters. The number of methoxy groups -OCH3 is 1. The zero-order chi connectivity index (χ0) is 11.4. The van der Waals surface area contributed by atoms with Crippen LogP contribution >= 0.6 is 0 Å². The zero-order valence-corrected chi connectivity index (χ0v) is 9.58. The van der Waals surface area contributed by atoms with Gasteiger partial charge >= 0.3 is 0 Å². The molecule has 15 heavy (non-hydrogen) atoms. The highest BCUT2D eigenvalue weighted by Gasteiger charge is 2.13. The molecule has 82 valence electrons. The first-order valence-corrected chi connectivity index (χ1v) is 5.01. The van der Waals surface area contributed by atoms with Crippen molar-refractivity contribution in [1.29, 1.82) is 0 Å². The third kappa shape index (κ3) is 3.10. The molecule has 0 amide bonds. The molecule has 1 unspecified atom stereocenters. The Kier molecular flexibility index (Phi) is 3.92. The maximum atomic E-state index is 9.99. The van der Waals surface area contributed by atoms with Crippen LogP contribution in [-0.2, 0) is 0 Å². The van der Waals surface area contributed by atoms with Gasteiger partial charge < -0.3 is 9.84 Å². The smallest absolute Gasteiger partial charge is 0.124 e. The summed E-state index contributed by atoms with van der Waals surface area (Å²) in [7, 11) is 1.61. The molecule has 1 aromatic carbocycles. The summed E-state index contributed by atoms with van der Waals surface area (Å²) < 4.78 is 5.21. The van der Waals surface area contributed by atoms with Crippen LogP contribution < -0.4 is 4.74 Å². The molecule has 1 N–H and O–H groups in total. The second kappa shape index (κ2) is 4.99. The number of benzene rings is 1. The quantitative estimate of drug-likeness (QED) is 0.767. The second-order valence-electron chi connectivity index (χ2n) is 3.92. The molecule has 1 rings (SSSR count). The minimum absolute atomic E-state index is 0.530. The molecule has 2 heteroatoms. The first-order valence-electron chi connectivity index (χ1n) is 5.01. The van der Waals surface area contributed by atoms with Crippen LogP contribution in [0.15, 0.2) is 30.4 Å². The van der Waals surface area contributed by atoms with Gasteiger partial charge in [0, 0.05) is 5.56 Å². The third-order valence-electron chi connectivity index (χ3n) is 2.29. The van der Waals surface area contributed by atoms with Crippen molar-refractivity contribution in [2.45, 2.75) is 26.4 Å². The highest BCUT2D eigenvalue weighted by Crippen LogP contribution is 2.29. The summed E-state index contributed by atoms with van der Waals surface area (Å²) in [5.41, 5.74) is 2.91. The Morgan fingerprint density at radius 1 is 1.53 bits per heavy atom. The van der Waals surface area contributed by atoms with Crippen molar-refractivity contribution in [3.63, 3.8) is 0 Å². The van der Waals surface area contributed by atoms with Gasteiger partial charge in [0.15, 0.2) is 0 Å². The molecule has 0 spiro atoms. The average Bonchev–Trinajstić information content (AvgIpc) is 2.16. The standard InChI is InChI=1S/C13H18O2/c1-9(2)7-12(14)11-8-10(3)5-6-13(11)15-4/h5-6,8,12,14H,1,7H2,2-4H3. The monoisotopic (exact) mass is 206 g/mol. The molecule has 0 radical (unpaired) electrons. The maximum Gasteiger partial charge on any atom is 0.124 e. The Morgan fingerprint density at radius 3 is 2.73 bits per heavy atom. The van der Waals surface area contributed by atoms with Crippen molar-refractivity contribution < 1.29 is 9.84 Å². The Morgan fingerprint density at radius 2 is 2.20 bits per heavy atom. The fraction of sp³-hybridized carbons (Fsp3) is 0.385. The first kappa shape index (κ1) is 11.8. The van der Waals surface area contributed by atoms with Crippen molar-refractivity contribution in [3.8, 4) is 5.75 Å². The SMILES string of the molecule is C=C(C)CC(O)c1cc(C)ccc1OC. The fourth-order valence-corrected chi connectivity index (χ4v) is 1.55. The van der Waals surface area contributed by atoms with Gasteiger partial charge in [-0.25, -0.2) is 0 Å². The lowest BCUT2D eigenvalue weighted by Gasteiger charge is -2.15. The van der Waals surface area contributed by atoms with Crippen LogP contribution in [0.25, 0.3) is 0 Å². The second-order valence-corrected chi connectivity index (χ2v) is 3.92. The molecular weight excluding hydrogens is 188 g/mol. The van der Waals surface area contributed by atoms with Gasteiger partial charge in [-0.05, 0) is 32.4 Å². The molecule has 0 aliphatic heterocycles. The van der Waals surface area contributed by atoms with E-state index >= 15 is 0 Å². The van der Waals surface area contributed by atoms with Gasteiger partial charge in [-0.1, -0.05) is 17.2 Å². The molecular formula is C13H18O2. The van der Waals surface area contributed by atoms with Gasteiger partial charge in [-0.2, -0.15) is 0 Å². The lowest BCUT2D eigenvalue weighted by atomic mass is 10.0. The van der Waals surface area contributed by atoms with Gasteiger partial charge in [0.05, 0.1) is 13.2 Å². The zero-order valence-electron chi connectivity index (χ0n) is 9.58. The summed E-state index contributed by atoms with van der Waals surface area (Å²) in [6, 6.07) is 5.80. The number of aliphatic hydroxyl groups is 1. The van der Waals surface area contributed by atoms with Gasteiger partial charge in [-0.15, -0.1) is 6.58 Å². The Bertz CT molecular complexity index is 356. The number of rotatable bonds is 4. The lowest BCUT2D eigenvalue weighted by molar-refractivity contribution is 0.174. The van der Waals surface area contributed by atoms with Gasteiger partial charge in [0.1, 0.15) is 5.75 Å². The number of aryl methyl sites for hydroxylation is 1. The molecule has 0 bridgehead atoms. The van der Waals surface area contributed by atoms with Crippen LogP contribution in [0.5, 0.6) is 5.75 Å². The van der Waals surface area contributed by atoms with E-state index in [4.69, 9.17) is 4.74 Å². The van der Waals surface area contributed by atoms with Crippen molar-refractivity contribution in [2.24, 2.45) is 0 Å². The number of hydrogen-bond acceptors (Lipinski definition) is 2. The van der Waals surface area contributed by atoms with Gasteiger partial charge in [-0.3, -0.25) is 0 Å². The predicted molar refractivity (Wildman–Crippen MR) is 62.1 cm³/mol. The van der Waals surface area contributed by atoms with E-state index in [1.165, 1.54) is 0 Å². The topological polar surface area (TPSA) is 29.5 Å². The van der Waals surface area contributed by atoms with E-state index in [0.717, 1.165) is 22.4 Å². The van der Waals surface area contributed by atoms with Gasteiger partial charge in [0.25, 0.3) is 0 Å². The van der Waals surface area contributed by atoms with Crippen LogP contribution in [0.3, 0.4) is 0 Å². The first-order chi connectivity index (χ1) is 7.04. The highest BCUT2D eigenvalue weighted by molar-refractivity contribution is 5.38. The Hall–Kier alpha value is -1.28. The molecule has 0 aliphatic carbocycles. The minimum atomic E-state index is -0.530. The van der Waals surface area contributed by atoms with E-state index in [-0.39, 0.29) is 0 Å². The van der Waals surface area contributed by atoms with Crippen LogP contribution in [0.1, 0.15) is 30.6 Å². The van der Waals surface area contributed by atoms with Crippen molar-refractivity contribution in [3.05, 3.63) is 41.5 Å². The van der Waals surface area contributed by atoms with E-state index in [9.17, 15) is 5.11 Å². The Balaban J connectivity index is 2.99. The summed E-state index contributed by atoms with van der Waals surface area (Å²) >= 11 is 0. The van der Waals surface area contributed by atoms with Crippen molar-refractivity contribution in [1.82, 2.24) is 0 Å². The van der Waals surface area contributed by atoms with Crippen LogP contribution in [0, 0.1) is 6.92 Å². The Labute approximate surface area is 91.2 Å². The highest BCUT2D eigenvalue weighted by atomic mass is 16.5. The van der Waals surface area contributed by atoms with Crippen LogP contribution in [-0.4, -0.2) is 12.2 Å². The fourth-order valence-electron chi connectivity index (χ4n) is 1.55. The molecule has 0 fully saturated rings. The van der Waals surface area contributed by atoms with Crippen molar-refractivity contribution >= 4 is 0 Å². The molecule has 0 heterocycles. The van der Waals surface area contributed by atoms with E-state index in [0.29, 0.717) is 6.42 Å². The van der Waals surface area contributed by atoms with E-state index < -0.39 is 6.10 Å². The maximum absolute atomic E-state index is 9.99. The predicted octanol–water partition coefficient (Wildman–Crippen LogP) is 3.00. The van der Waals surface area contributed by atoms with Gasteiger partial charge in [0.2, 0.25) is 0 Å². The third-order valence-corrected chi connectivity index (χ3v) is 2.29. The average molecular weight is 206 g/mol. The van der Waals surface area contributed by atoms with E-state index in [1.807, 2.05) is 32.0 Å². The summed E-state index contributed by atoms with van der Waals surface area (Å²) in [4.78, 5) is 0. The summed E-state index contributed by atoms with van der Waals surface area (Å²) in [6.07, 6.45) is 0.0390. The lowest BCUT2D eigenvalue weighted by Crippen LogP contribution is -2.01. The summed E-state index contributed by atoms with van der Waals surface area (Å²) in [5, 5.41) is 9.99. The minimum Gasteiger partial charge on any atom is -0.496 e. The molecule has 0 aromatic heterocycles. The number of hydrogen-bond donors (Lipinski definition) is 1. The molecule has 0 saturated carbocycles. The number of ether oxygens (including phenoxy) is 1. The summed E-state index contributed by atoms with van der Waals surface area (Å²) in [5.74, 6) is 0.731. The molecule has 2 nitrogen and oxygen atoms in total. The molecule has 0 saturated heterocycles. The summed E-state index contributed by atoms with van der Waals surface area (Å²) in [6.45, 7) is 7.70. The number of aliphatic hydroxyl groups excluding tert-OH is 1. The largest absolute Gasteiger partial charge is 0.496 e. The van der Waals surface area contributed by atoms with Crippen LogP contribution in [0.4, 0.5) is 0 Å². The molecule has 1 aromatic rings. The van der Waals surface area contributed by atoms with Crippen molar-refractivity contribution in [2.75, 3.05) is 7.11 Å². The normalized spacial score (nSPS) is 12.3. The van der Waals surface area contributed by atoms with Crippen LogP contribution in [0.2, 0.25) is 0 Å².